The quantitative estimate of drug-likeness (QED) is 0.903. The Hall–Kier alpha value is -1.13. The zero-order chi connectivity index (χ0) is 13.6. The van der Waals surface area contributed by atoms with Crippen molar-refractivity contribution >= 4 is 17.5 Å². The fourth-order valence-corrected chi connectivity index (χ4v) is 3.18. The number of likely N-dealkylation sites (tertiary alicyclic amines) is 1. The molecule has 2 fully saturated rings. The summed E-state index contributed by atoms with van der Waals surface area (Å²) in [6.45, 7) is 1.33. The number of nitrogens with zero attached hydrogens (tertiary/aromatic N) is 1. The molecule has 3 nitrogen and oxygen atoms in total. The van der Waals surface area contributed by atoms with Gasteiger partial charge in [-0.3, -0.25) is 4.79 Å². The van der Waals surface area contributed by atoms with Gasteiger partial charge in [-0.1, -0.05) is 17.7 Å². The monoisotopic (exact) mass is 282 g/mol. The molecule has 0 radical (unpaired) electrons. The molecule has 0 aromatic heterocycles. The second-order valence-electron chi connectivity index (χ2n) is 5.42. The SMILES string of the molecule is NC1CCN(C(=O)C2CC2c2c(F)cccc2Cl)C1. The Labute approximate surface area is 116 Å². The number of carbonyl (C=O) groups is 1. The minimum atomic E-state index is -0.314. The zero-order valence-corrected chi connectivity index (χ0v) is 11.2. The Kier molecular flexibility index (Phi) is 3.23. The molecule has 102 valence electrons. The maximum absolute atomic E-state index is 13.8. The van der Waals surface area contributed by atoms with E-state index in [1.807, 2.05) is 0 Å². The van der Waals surface area contributed by atoms with Crippen molar-refractivity contribution in [1.82, 2.24) is 4.90 Å². The molecule has 3 rings (SSSR count). The van der Waals surface area contributed by atoms with E-state index in [9.17, 15) is 9.18 Å². The number of hydrogen-bond acceptors (Lipinski definition) is 2. The summed E-state index contributed by atoms with van der Waals surface area (Å²) in [7, 11) is 0. The van der Waals surface area contributed by atoms with Gasteiger partial charge in [0.2, 0.25) is 5.91 Å². The van der Waals surface area contributed by atoms with E-state index < -0.39 is 0 Å². The third-order valence-electron chi connectivity index (χ3n) is 4.01. The summed E-state index contributed by atoms with van der Waals surface area (Å²) in [5.41, 5.74) is 6.29. The first kappa shape index (κ1) is 12.9. The van der Waals surface area contributed by atoms with Gasteiger partial charge >= 0.3 is 0 Å². The minimum absolute atomic E-state index is 0.0713. The second-order valence-corrected chi connectivity index (χ2v) is 5.82. The number of halogens is 2. The molecular formula is C14H16ClFN2O. The Morgan fingerprint density at radius 3 is 2.89 bits per heavy atom. The molecule has 1 aliphatic heterocycles. The standard InChI is InChI=1S/C14H16ClFN2O/c15-11-2-1-3-12(16)13(11)9-6-10(9)14(19)18-5-4-8(17)7-18/h1-3,8-10H,4-7,17H2. The van der Waals surface area contributed by atoms with Crippen molar-refractivity contribution in [3.05, 3.63) is 34.6 Å². The summed E-state index contributed by atoms with van der Waals surface area (Å²) in [6.07, 6.45) is 1.54. The van der Waals surface area contributed by atoms with Gasteiger partial charge in [-0.2, -0.15) is 0 Å². The first-order chi connectivity index (χ1) is 9.08. The summed E-state index contributed by atoms with van der Waals surface area (Å²) in [4.78, 5) is 14.1. The first-order valence-corrected chi connectivity index (χ1v) is 6.94. The highest BCUT2D eigenvalue weighted by Gasteiger charge is 2.48. The smallest absolute Gasteiger partial charge is 0.226 e. The predicted molar refractivity (Wildman–Crippen MR) is 71.4 cm³/mol. The molecule has 2 N–H and O–H groups in total. The van der Waals surface area contributed by atoms with Crippen LogP contribution in [0.2, 0.25) is 5.02 Å². The van der Waals surface area contributed by atoms with E-state index in [4.69, 9.17) is 17.3 Å². The van der Waals surface area contributed by atoms with Crippen LogP contribution in [-0.4, -0.2) is 29.9 Å². The Balaban J connectivity index is 1.72. The zero-order valence-electron chi connectivity index (χ0n) is 10.5. The molecule has 1 amide bonds. The summed E-state index contributed by atoms with van der Waals surface area (Å²) >= 11 is 6.03. The van der Waals surface area contributed by atoms with Crippen LogP contribution in [-0.2, 0) is 4.79 Å². The summed E-state index contributed by atoms with van der Waals surface area (Å²) in [6, 6.07) is 4.73. The maximum atomic E-state index is 13.8. The van der Waals surface area contributed by atoms with Gasteiger partial charge in [0.05, 0.1) is 0 Å². The predicted octanol–water partition coefficient (Wildman–Crippen LogP) is 2.14. The number of carbonyl (C=O) groups excluding carboxylic acids is 1. The fourth-order valence-electron chi connectivity index (χ4n) is 2.87. The number of rotatable bonds is 2. The molecular weight excluding hydrogens is 267 g/mol. The van der Waals surface area contributed by atoms with Gasteiger partial charge in [0.25, 0.3) is 0 Å². The normalized spacial score (nSPS) is 29.6. The van der Waals surface area contributed by atoms with Gasteiger partial charge in [0.15, 0.2) is 0 Å². The van der Waals surface area contributed by atoms with E-state index in [2.05, 4.69) is 0 Å². The number of hydrogen-bond donors (Lipinski definition) is 1. The van der Waals surface area contributed by atoms with Crippen LogP contribution >= 0.6 is 11.6 Å². The average Bonchev–Trinajstić information content (AvgIpc) is 3.02. The van der Waals surface area contributed by atoms with Crippen LogP contribution < -0.4 is 5.73 Å². The van der Waals surface area contributed by atoms with Crippen molar-refractivity contribution < 1.29 is 9.18 Å². The van der Waals surface area contributed by atoms with Crippen molar-refractivity contribution in [3.63, 3.8) is 0 Å². The Morgan fingerprint density at radius 1 is 1.47 bits per heavy atom. The first-order valence-electron chi connectivity index (χ1n) is 6.56. The lowest BCUT2D eigenvalue weighted by Crippen LogP contribution is -2.33. The third kappa shape index (κ3) is 2.35. The Bertz CT molecular complexity index is 502. The van der Waals surface area contributed by atoms with E-state index in [1.54, 1.807) is 17.0 Å². The number of nitrogens with two attached hydrogens (primary N) is 1. The topological polar surface area (TPSA) is 46.3 Å². The van der Waals surface area contributed by atoms with Crippen molar-refractivity contribution in [2.24, 2.45) is 11.7 Å². The van der Waals surface area contributed by atoms with Crippen LogP contribution in [0.15, 0.2) is 18.2 Å². The van der Waals surface area contributed by atoms with E-state index in [-0.39, 0.29) is 29.6 Å². The van der Waals surface area contributed by atoms with Gasteiger partial charge < -0.3 is 10.6 Å². The molecule has 3 atom stereocenters. The Morgan fingerprint density at radius 2 is 2.26 bits per heavy atom. The van der Waals surface area contributed by atoms with Crippen molar-refractivity contribution in [1.29, 1.82) is 0 Å². The highest BCUT2D eigenvalue weighted by Crippen LogP contribution is 2.51. The van der Waals surface area contributed by atoms with E-state index in [1.165, 1.54) is 6.07 Å². The molecule has 0 spiro atoms. The lowest BCUT2D eigenvalue weighted by Gasteiger charge is -2.16. The number of benzene rings is 1. The van der Waals surface area contributed by atoms with Crippen LogP contribution in [0.4, 0.5) is 4.39 Å². The van der Waals surface area contributed by atoms with E-state index in [0.29, 0.717) is 30.1 Å². The molecule has 19 heavy (non-hydrogen) atoms. The van der Waals surface area contributed by atoms with Gasteiger partial charge in [0, 0.05) is 41.6 Å². The highest BCUT2D eigenvalue weighted by molar-refractivity contribution is 6.31. The van der Waals surface area contributed by atoms with Gasteiger partial charge in [-0.25, -0.2) is 4.39 Å². The molecule has 1 saturated carbocycles. The molecule has 2 aliphatic rings. The lowest BCUT2D eigenvalue weighted by molar-refractivity contribution is -0.131. The fraction of sp³-hybridized carbons (Fsp3) is 0.500. The highest BCUT2D eigenvalue weighted by atomic mass is 35.5. The van der Waals surface area contributed by atoms with Crippen LogP contribution in [0.25, 0.3) is 0 Å². The van der Waals surface area contributed by atoms with Crippen molar-refractivity contribution in [2.45, 2.75) is 24.8 Å². The maximum Gasteiger partial charge on any atom is 0.226 e. The molecule has 1 aliphatic carbocycles. The van der Waals surface area contributed by atoms with Crippen molar-refractivity contribution in [3.8, 4) is 0 Å². The van der Waals surface area contributed by atoms with Gasteiger partial charge in [-0.05, 0) is 25.0 Å². The van der Waals surface area contributed by atoms with Crippen LogP contribution in [0, 0.1) is 11.7 Å². The third-order valence-corrected chi connectivity index (χ3v) is 4.34. The summed E-state index contributed by atoms with van der Waals surface area (Å²) < 4.78 is 13.8. The second kappa shape index (κ2) is 4.76. The molecule has 5 heteroatoms. The largest absolute Gasteiger partial charge is 0.341 e. The lowest BCUT2D eigenvalue weighted by atomic mass is 10.1. The average molecular weight is 283 g/mol. The van der Waals surface area contributed by atoms with Crippen LogP contribution in [0.1, 0.15) is 24.3 Å². The molecule has 1 saturated heterocycles. The van der Waals surface area contributed by atoms with Gasteiger partial charge in [0.1, 0.15) is 5.82 Å². The molecule has 0 bridgehead atoms. The molecule has 1 aromatic rings. The molecule has 1 heterocycles. The van der Waals surface area contributed by atoms with E-state index >= 15 is 0 Å². The van der Waals surface area contributed by atoms with Crippen molar-refractivity contribution in [2.75, 3.05) is 13.1 Å². The molecule has 1 aromatic carbocycles. The minimum Gasteiger partial charge on any atom is -0.341 e. The summed E-state index contributed by atoms with van der Waals surface area (Å²) in [5.74, 6) is -0.416. The summed E-state index contributed by atoms with van der Waals surface area (Å²) in [5, 5.41) is 0.415. The molecule has 3 unspecified atom stereocenters. The van der Waals surface area contributed by atoms with Crippen LogP contribution in [0.5, 0.6) is 0 Å². The van der Waals surface area contributed by atoms with Gasteiger partial charge in [-0.15, -0.1) is 0 Å². The number of amides is 1. The van der Waals surface area contributed by atoms with E-state index in [0.717, 1.165) is 6.42 Å². The van der Waals surface area contributed by atoms with Crippen LogP contribution in [0.3, 0.4) is 0 Å².